The van der Waals surface area contributed by atoms with E-state index in [0.29, 0.717) is 6.04 Å². The minimum atomic E-state index is 0.386. The van der Waals surface area contributed by atoms with E-state index < -0.39 is 0 Å². The molecule has 0 aromatic rings. The zero-order chi connectivity index (χ0) is 8.97. The van der Waals surface area contributed by atoms with Crippen LogP contribution in [0.2, 0.25) is 0 Å². The lowest BCUT2D eigenvalue weighted by molar-refractivity contribution is 0.245. The smallest absolute Gasteiger partial charge is 0.0165 e. The molecule has 72 valence electrons. The molecule has 0 amide bonds. The van der Waals surface area contributed by atoms with Gasteiger partial charge in [0.1, 0.15) is 0 Å². The van der Waals surface area contributed by atoms with Gasteiger partial charge >= 0.3 is 0 Å². The highest BCUT2D eigenvalue weighted by Gasteiger charge is 2.28. The summed E-state index contributed by atoms with van der Waals surface area (Å²) in [7, 11) is 0. The maximum Gasteiger partial charge on any atom is 0.0165 e. The Bertz CT molecular complexity index is 121. The van der Waals surface area contributed by atoms with Crippen LogP contribution in [0.3, 0.4) is 0 Å². The zero-order valence-electron chi connectivity index (χ0n) is 8.42. The third-order valence-corrected chi connectivity index (χ3v) is 2.57. The van der Waals surface area contributed by atoms with Crippen LogP contribution in [-0.4, -0.2) is 30.1 Å². The van der Waals surface area contributed by atoms with Gasteiger partial charge in [0.2, 0.25) is 0 Å². The van der Waals surface area contributed by atoms with E-state index >= 15 is 0 Å². The van der Waals surface area contributed by atoms with Crippen molar-refractivity contribution >= 4 is 0 Å². The first kappa shape index (κ1) is 10.0. The zero-order valence-corrected chi connectivity index (χ0v) is 8.42. The summed E-state index contributed by atoms with van der Waals surface area (Å²) >= 11 is 0. The molecule has 2 nitrogen and oxygen atoms in total. The van der Waals surface area contributed by atoms with E-state index in [4.69, 9.17) is 5.73 Å². The van der Waals surface area contributed by atoms with Crippen LogP contribution in [0.1, 0.15) is 39.5 Å². The van der Waals surface area contributed by atoms with Gasteiger partial charge in [-0.3, -0.25) is 4.90 Å². The van der Waals surface area contributed by atoms with Gasteiger partial charge in [0.05, 0.1) is 0 Å². The second kappa shape index (κ2) is 4.83. The van der Waals surface area contributed by atoms with Crippen molar-refractivity contribution in [3.63, 3.8) is 0 Å². The summed E-state index contributed by atoms with van der Waals surface area (Å²) in [5, 5.41) is 0. The van der Waals surface area contributed by atoms with Gasteiger partial charge in [-0.05, 0) is 32.2 Å². The van der Waals surface area contributed by atoms with E-state index in [0.717, 1.165) is 19.0 Å². The Morgan fingerprint density at radius 3 is 2.50 bits per heavy atom. The minimum absolute atomic E-state index is 0.386. The van der Waals surface area contributed by atoms with Crippen molar-refractivity contribution in [2.24, 2.45) is 5.73 Å². The second-order valence-electron chi connectivity index (χ2n) is 3.89. The van der Waals surface area contributed by atoms with E-state index in [9.17, 15) is 0 Å². The van der Waals surface area contributed by atoms with Gasteiger partial charge in [0.15, 0.2) is 0 Å². The Balaban J connectivity index is 2.22. The summed E-state index contributed by atoms with van der Waals surface area (Å²) in [5.41, 5.74) is 5.93. The normalized spacial score (nSPS) is 20.0. The molecular formula is C10H22N2. The predicted octanol–water partition coefficient (Wildman–Crippen LogP) is 1.60. The lowest BCUT2D eigenvalue weighted by Gasteiger charge is -2.24. The third kappa shape index (κ3) is 3.11. The SMILES string of the molecule is CCCN(CC(N)CC)C1CC1. The summed E-state index contributed by atoms with van der Waals surface area (Å²) in [5.74, 6) is 0. The topological polar surface area (TPSA) is 29.3 Å². The van der Waals surface area contributed by atoms with Crippen LogP contribution in [0, 0.1) is 0 Å². The van der Waals surface area contributed by atoms with Crippen LogP contribution in [0.15, 0.2) is 0 Å². The largest absolute Gasteiger partial charge is 0.327 e. The maximum atomic E-state index is 5.93. The van der Waals surface area contributed by atoms with Gasteiger partial charge in [-0.15, -0.1) is 0 Å². The van der Waals surface area contributed by atoms with Crippen LogP contribution in [0.25, 0.3) is 0 Å². The molecule has 0 radical (unpaired) electrons. The first-order valence-electron chi connectivity index (χ1n) is 5.27. The van der Waals surface area contributed by atoms with E-state index in [-0.39, 0.29) is 0 Å². The summed E-state index contributed by atoms with van der Waals surface area (Å²) in [6.45, 7) is 6.75. The highest BCUT2D eigenvalue weighted by atomic mass is 15.2. The maximum absolute atomic E-state index is 5.93. The molecule has 2 N–H and O–H groups in total. The molecule has 1 rings (SSSR count). The van der Waals surface area contributed by atoms with Gasteiger partial charge in [-0.1, -0.05) is 13.8 Å². The molecule has 1 aliphatic rings. The fraction of sp³-hybridized carbons (Fsp3) is 1.00. The molecule has 1 aliphatic carbocycles. The average Bonchev–Trinajstić information content (AvgIpc) is 2.86. The molecule has 0 spiro atoms. The van der Waals surface area contributed by atoms with Gasteiger partial charge in [0, 0.05) is 18.6 Å². The van der Waals surface area contributed by atoms with E-state index in [1.807, 2.05) is 0 Å². The monoisotopic (exact) mass is 170 g/mol. The molecule has 1 unspecified atom stereocenters. The fourth-order valence-corrected chi connectivity index (χ4v) is 1.58. The first-order valence-corrected chi connectivity index (χ1v) is 5.27. The Hall–Kier alpha value is -0.0800. The van der Waals surface area contributed by atoms with Crippen LogP contribution in [-0.2, 0) is 0 Å². The van der Waals surface area contributed by atoms with E-state index in [1.165, 1.54) is 25.8 Å². The molecule has 0 saturated heterocycles. The van der Waals surface area contributed by atoms with Crippen molar-refractivity contribution in [2.75, 3.05) is 13.1 Å². The van der Waals surface area contributed by atoms with E-state index in [2.05, 4.69) is 18.7 Å². The molecule has 0 aromatic heterocycles. The summed E-state index contributed by atoms with van der Waals surface area (Å²) in [6.07, 6.45) is 5.16. The Morgan fingerprint density at radius 1 is 1.42 bits per heavy atom. The number of hydrogen-bond donors (Lipinski definition) is 1. The summed E-state index contributed by atoms with van der Waals surface area (Å²) < 4.78 is 0. The number of nitrogens with two attached hydrogens (primary N) is 1. The van der Waals surface area contributed by atoms with Gasteiger partial charge in [-0.2, -0.15) is 0 Å². The predicted molar refractivity (Wildman–Crippen MR) is 53.2 cm³/mol. The Morgan fingerprint density at radius 2 is 2.08 bits per heavy atom. The molecule has 0 heterocycles. The molecule has 2 heteroatoms. The van der Waals surface area contributed by atoms with Crippen molar-refractivity contribution in [1.29, 1.82) is 0 Å². The molecule has 0 aliphatic heterocycles. The molecular weight excluding hydrogens is 148 g/mol. The second-order valence-corrected chi connectivity index (χ2v) is 3.89. The number of nitrogens with zero attached hydrogens (tertiary/aromatic N) is 1. The Kier molecular flexibility index (Phi) is 4.02. The molecule has 1 fully saturated rings. The van der Waals surface area contributed by atoms with Crippen molar-refractivity contribution in [3.8, 4) is 0 Å². The summed E-state index contributed by atoms with van der Waals surface area (Å²) in [6, 6.07) is 1.26. The van der Waals surface area contributed by atoms with Crippen LogP contribution < -0.4 is 5.73 Å². The molecule has 1 saturated carbocycles. The highest BCUT2D eigenvalue weighted by Crippen LogP contribution is 2.26. The molecule has 12 heavy (non-hydrogen) atoms. The van der Waals surface area contributed by atoms with Crippen molar-refractivity contribution in [1.82, 2.24) is 4.90 Å². The highest BCUT2D eigenvalue weighted by molar-refractivity contribution is 4.85. The van der Waals surface area contributed by atoms with Crippen LogP contribution in [0.5, 0.6) is 0 Å². The molecule has 0 aromatic carbocycles. The first-order chi connectivity index (χ1) is 5.77. The molecule has 1 atom stereocenters. The van der Waals surface area contributed by atoms with Crippen LogP contribution in [0.4, 0.5) is 0 Å². The van der Waals surface area contributed by atoms with Gasteiger partial charge < -0.3 is 5.73 Å². The van der Waals surface area contributed by atoms with Crippen LogP contribution >= 0.6 is 0 Å². The summed E-state index contributed by atoms with van der Waals surface area (Å²) in [4.78, 5) is 2.56. The van der Waals surface area contributed by atoms with Crippen molar-refractivity contribution in [3.05, 3.63) is 0 Å². The number of rotatable bonds is 6. The fourth-order valence-electron chi connectivity index (χ4n) is 1.58. The van der Waals surface area contributed by atoms with Gasteiger partial charge in [-0.25, -0.2) is 0 Å². The van der Waals surface area contributed by atoms with Crippen molar-refractivity contribution < 1.29 is 0 Å². The lowest BCUT2D eigenvalue weighted by atomic mass is 10.2. The molecule has 0 bridgehead atoms. The Labute approximate surface area is 76.1 Å². The van der Waals surface area contributed by atoms with Gasteiger partial charge in [0.25, 0.3) is 0 Å². The lowest BCUT2D eigenvalue weighted by Crippen LogP contribution is -2.38. The minimum Gasteiger partial charge on any atom is -0.327 e. The van der Waals surface area contributed by atoms with E-state index in [1.54, 1.807) is 0 Å². The third-order valence-electron chi connectivity index (χ3n) is 2.57. The number of hydrogen-bond acceptors (Lipinski definition) is 2. The van der Waals surface area contributed by atoms with Crippen molar-refractivity contribution in [2.45, 2.75) is 51.6 Å². The standard InChI is InChI=1S/C10H22N2/c1-3-7-12(10-5-6-10)8-9(11)4-2/h9-10H,3-8,11H2,1-2H3. The average molecular weight is 170 g/mol. The quantitative estimate of drug-likeness (QED) is 0.656.